The zero-order valence-corrected chi connectivity index (χ0v) is 11.8. The van der Waals surface area contributed by atoms with Crippen LogP contribution in [0.25, 0.3) is 0 Å². The molecule has 0 saturated carbocycles. The number of urea groups is 1. The van der Waals surface area contributed by atoms with Crippen LogP contribution in [0, 0.1) is 4.91 Å². The van der Waals surface area contributed by atoms with Crippen LogP contribution in [0.15, 0.2) is 5.29 Å². The molecule has 0 aromatic rings. The molecular weight excluding hydrogens is 266 g/mol. The first-order valence-electron chi connectivity index (χ1n) is 5.14. The molecule has 0 aromatic carbocycles. The van der Waals surface area contributed by atoms with Gasteiger partial charge in [0.25, 0.3) is 0 Å². The second kappa shape index (κ2) is 7.60. The van der Waals surface area contributed by atoms with Crippen molar-refractivity contribution in [1.29, 1.82) is 0 Å². The summed E-state index contributed by atoms with van der Waals surface area (Å²) in [5, 5.41) is 5.94. The summed E-state index contributed by atoms with van der Waals surface area (Å²) in [4.78, 5) is 22.0. The number of nitroso groups, excluding NO2 is 1. The Morgan fingerprint density at radius 3 is 2.41 bits per heavy atom. The van der Waals surface area contributed by atoms with E-state index in [1.54, 1.807) is 20.8 Å². The number of carbonyl (C=O) groups is 1. The second-order valence-corrected chi connectivity index (χ2v) is 6.50. The fourth-order valence-corrected chi connectivity index (χ4v) is 2.21. The number of nitrogens with zero attached hydrogens (tertiary/aromatic N) is 2. The van der Waals surface area contributed by atoms with Crippen molar-refractivity contribution in [3.63, 3.8) is 0 Å². The number of nitrogens with one attached hydrogen (secondary N) is 1. The average Bonchev–Trinajstić information content (AvgIpc) is 2.16. The molecule has 0 aliphatic heterocycles. The van der Waals surface area contributed by atoms with Gasteiger partial charge in [0.2, 0.25) is 0 Å². The first-order chi connectivity index (χ1) is 7.80. The van der Waals surface area contributed by atoms with Crippen molar-refractivity contribution >= 4 is 28.4 Å². The Balaban J connectivity index is 4.20. The van der Waals surface area contributed by atoms with Crippen molar-refractivity contribution in [3.05, 3.63) is 4.91 Å². The fourth-order valence-electron chi connectivity index (χ4n) is 0.941. The molecule has 1 atom stereocenters. The normalized spacial score (nSPS) is 12.9. The number of alkyl halides is 1. The molecule has 1 unspecified atom stereocenters. The van der Waals surface area contributed by atoms with E-state index in [9.17, 15) is 13.9 Å². The van der Waals surface area contributed by atoms with Crippen molar-refractivity contribution in [1.82, 2.24) is 10.3 Å². The van der Waals surface area contributed by atoms with Gasteiger partial charge in [-0.15, -0.1) is 16.5 Å². The van der Waals surface area contributed by atoms with Gasteiger partial charge in [0.1, 0.15) is 0 Å². The monoisotopic (exact) mass is 283 g/mol. The molecule has 0 radical (unpaired) electrons. The molecule has 1 N–H and O–H groups in total. The minimum Gasteiger partial charge on any atom is -0.332 e. The summed E-state index contributed by atoms with van der Waals surface area (Å²) in [7, 11) is -1.13. The highest BCUT2D eigenvalue weighted by atomic mass is 35.5. The Kier molecular flexibility index (Phi) is 7.29. The van der Waals surface area contributed by atoms with E-state index >= 15 is 0 Å². The van der Waals surface area contributed by atoms with Crippen LogP contribution in [0.3, 0.4) is 0 Å². The summed E-state index contributed by atoms with van der Waals surface area (Å²) >= 11 is 5.42. The summed E-state index contributed by atoms with van der Waals surface area (Å²) in [5.74, 6) is 0.820. The number of carbonyl (C=O) groups excluding carboxylic acids is 1. The molecule has 0 aliphatic carbocycles. The molecule has 17 heavy (non-hydrogen) atoms. The molecule has 0 aromatic heterocycles. The molecule has 0 fully saturated rings. The van der Waals surface area contributed by atoms with E-state index in [1.165, 1.54) is 0 Å². The summed E-state index contributed by atoms with van der Waals surface area (Å²) in [6.07, 6.45) is 0. The highest BCUT2D eigenvalue weighted by Gasteiger charge is 2.20. The standard InChI is InChI=1S/C9H18ClN3O3S/c1-9(2,3)11-8(14)13(12-15)5-7-17(16)6-4-10/h4-7H2,1-3H3,(H,11,14). The molecule has 100 valence electrons. The van der Waals surface area contributed by atoms with E-state index in [0.717, 1.165) is 5.01 Å². The minimum absolute atomic E-state index is 0.0227. The first kappa shape index (κ1) is 16.3. The molecule has 0 aliphatic rings. The average molecular weight is 284 g/mol. The Hall–Kier alpha value is -0.690. The molecule has 8 heteroatoms. The Morgan fingerprint density at radius 1 is 1.41 bits per heavy atom. The summed E-state index contributed by atoms with van der Waals surface area (Å²) in [6, 6.07) is -0.588. The largest absolute Gasteiger partial charge is 0.340 e. The lowest BCUT2D eigenvalue weighted by atomic mass is 10.1. The number of hydrogen-bond donors (Lipinski definition) is 1. The molecule has 2 amide bonds. The SMILES string of the molecule is CC(C)(C)NC(=O)N(CCS(=O)CCCl)N=O. The lowest BCUT2D eigenvalue weighted by Gasteiger charge is -2.23. The van der Waals surface area contributed by atoms with Gasteiger partial charge < -0.3 is 5.32 Å². The van der Waals surface area contributed by atoms with Gasteiger partial charge in [-0.25, -0.2) is 4.79 Å². The van der Waals surface area contributed by atoms with Gasteiger partial charge in [0.15, 0.2) is 0 Å². The van der Waals surface area contributed by atoms with Gasteiger partial charge in [-0.1, -0.05) is 0 Å². The zero-order chi connectivity index (χ0) is 13.5. The zero-order valence-electron chi connectivity index (χ0n) is 10.2. The third kappa shape index (κ3) is 8.09. The Bertz CT molecular complexity index is 294. The quantitative estimate of drug-likeness (QED) is 0.455. The van der Waals surface area contributed by atoms with Crippen molar-refractivity contribution < 1.29 is 9.00 Å². The maximum Gasteiger partial charge on any atom is 0.340 e. The second-order valence-electron chi connectivity index (χ2n) is 4.42. The van der Waals surface area contributed by atoms with E-state index in [4.69, 9.17) is 11.6 Å². The molecule has 0 bridgehead atoms. The predicted octanol–water partition coefficient (Wildman–Crippen LogP) is 1.47. The van der Waals surface area contributed by atoms with Gasteiger partial charge in [-0.2, -0.15) is 5.01 Å². The number of halogens is 1. The van der Waals surface area contributed by atoms with Crippen molar-refractivity contribution in [2.75, 3.05) is 23.9 Å². The van der Waals surface area contributed by atoms with Crippen LogP contribution in [0.1, 0.15) is 20.8 Å². The molecule has 6 nitrogen and oxygen atoms in total. The maximum atomic E-state index is 11.6. The molecule has 0 heterocycles. The van der Waals surface area contributed by atoms with E-state index < -0.39 is 22.4 Å². The minimum atomic E-state index is -1.13. The Labute approximate surface area is 108 Å². The number of amides is 2. The first-order valence-corrected chi connectivity index (χ1v) is 7.16. The molecule has 0 rings (SSSR count). The van der Waals surface area contributed by atoms with Gasteiger partial charge in [0.05, 0.1) is 11.8 Å². The van der Waals surface area contributed by atoms with Crippen molar-refractivity contribution in [3.8, 4) is 0 Å². The van der Waals surface area contributed by atoms with Gasteiger partial charge in [-0.05, 0) is 20.8 Å². The van der Waals surface area contributed by atoms with E-state index in [-0.39, 0.29) is 18.2 Å². The predicted molar refractivity (Wildman–Crippen MR) is 69.4 cm³/mol. The summed E-state index contributed by atoms with van der Waals surface area (Å²) < 4.78 is 11.3. The highest BCUT2D eigenvalue weighted by molar-refractivity contribution is 7.85. The van der Waals surface area contributed by atoms with Crippen LogP contribution in [-0.4, -0.2) is 44.7 Å². The fraction of sp³-hybridized carbons (Fsp3) is 0.889. The number of rotatable bonds is 6. The third-order valence-corrected chi connectivity index (χ3v) is 3.36. The lowest BCUT2D eigenvalue weighted by molar-refractivity contribution is 0.193. The maximum absolute atomic E-state index is 11.6. The van der Waals surface area contributed by atoms with Crippen LogP contribution < -0.4 is 5.32 Å². The van der Waals surface area contributed by atoms with Crippen LogP contribution in [-0.2, 0) is 10.8 Å². The van der Waals surface area contributed by atoms with Crippen LogP contribution in [0.5, 0.6) is 0 Å². The van der Waals surface area contributed by atoms with E-state index in [1.807, 2.05) is 0 Å². The third-order valence-electron chi connectivity index (χ3n) is 1.65. The summed E-state index contributed by atoms with van der Waals surface area (Å²) in [6.45, 7) is 5.40. The Morgan fingerprint density at radius 2 is 2.00 bits per heavy atom. The van der Waals surface area contributed by atoms with Gasteiger partial charge >= 0.3 is 6.03 Å². The molecule has 0 spiro atoms. The van der Waals surface area contributed by atoms with Crippen molar-refractivity contribution in [2.24, 2.45) is 5.29 Å². The molecular formula is C9H18ClN3O3S. The summed E-state index contributed by atoms with van der Waals surface area (Å²) in [5.41, 5.74) is -0.449. The van der Waals surface area contributed by atoms with Gasteiger partial charge in [0, 0.05) is 33.7 Å². The van der Waals surface area contributed by atoms with E-state index in [0.29, 0.717) is 5.75 Å². The molecule has 0 saturated heterocycles. The van der Waals surface area contributed by atoms with Crippen LogP contribution in [0.4, 0.5) is 4.79 Å². The lowest BCUT2D eigenvalue weighted by Crippen LogP contribution is -2.47. The van der Waals surface area contributed by atoms with E-state index in [2.05, 4.69) is 10.6 Å². The van der Waals surface area contributed by atoms with Gasteiger partial charge in [-0.3, -0.25) is 4.21 Å². The topological polar surface area (TPSA) is 78.8 Å². The van der Waals surface area contributed by atoms with Crippen LogP contribution in [0.2, 0.25) is 0 Å². The number of hydrogen-bond acceptors (Lipinski definition) is 4. The highest BCUT2D eigenvalue weighted by Crippen LogP contribution is 2.02. The van der Waals surface area contributed by atoms with Crippen molar-refractivity contribution in [2.45, 2.75) is 26.3 Å². The van der Waals surface area contributed by atoms with Crippen LogP contribution >= 0.6 is 11.6 Å². The smallest absolute Gasteiger partial charge is 0.332 e.